The Morgan fingerprint density at radius 3 is 2.31 bits per heavy atom. The molecule has 2 rings (SSSR count). The van der Waals surface area contributed by atoms with Crippen molar-refractivity contribution in [3.8, 4) is 0 Å². The monoisotopic (exact) mass is 261 g/mol. The SMILES string of the molecule is O=C(c1nc(Cl)c(Cl)[nH]1)N1CCCCCC1. The molecule has 1 amide bonds. The van der Waals surface area contributed by atoms with Gasteiger partial charge in [-0.25, -0.2) is 4.98 Å². The lowest BCUT2D eigenvalue weighted by Gasteiger charge is -2.18. The third-order valence-electron chi connectivity index (χ3n) is 2.72. The number of hydrogen-bond acceptors (Lipinski definition) is 2. The minimum absolute atomic E-state index is 0.115. The van der Waals surface area contributed by atoms with Gasteiger partial charge in [0.1, 0.15) is 5.15 Å². The van der Waals surface area contributed by atoms with E-state index in [9.17, 15) is 4.79 Å². The predicted octanol–water partition coefficient (Wildman–Crippen LogP) is 2.73. The van der Waals surface area contributed by atoms with Crippen LogP contribution in [0.5, 0.6) is 0 Å². The first-order valence-corrected chi connectivity index (χ1v) is 6.14. The highest BCUT2D eigenvalue weighted by molar-refractivity contribution is 6.40. The quantitative estimate of drug-likeness (QED) is 0.845. The molecule has 6 heteroatoms. The fourth-order valence-corrected chi connectivity index (χ4v) is 2.12. The number of halogens is 2. The fourth-order valence-electron chi connectivity index (χ4n) is 1.86. The summed E-state index contributed by atoms with van der Waals surface area (Å²) in [5.74, 6) is 0.118. The van der Waals surface area contributed by atoms with Crippen LogP contribution in [0.3, 0.4) is 0 Å². The summed E-state index contributed by atoms with van der Waals surface area (Å²) in [6.07, 6.45) is 4.47. The van der Waals surface area contributed by atoms with E-state index < -0.39 is 0 Å². The van der Waals surface area contributed by atoms with Crippen LogP contribution in [0.2, 0.25) is 10.3 Å². The smallest absolute Gasteiger partial charge is 0.289 e. The molecule has 1 aromatic rings. The van der Waals surface area contributed by atoms with Gasteiger partial charge in [0.15, 0.2) is 11.0 Å². The van der Waals surface area contributed by atoms with Crippen LogP contribution in [0.15, 0.2) is 0 Å². The van der Waals surface area contributed by atoms with Crippen LogP contribution in [-0.4, -0.2) is 33.9 Å². The van der Waals surface area contributed by atoms with Gasteiger partial charge in [0.2, 0.25) is 0 Å². The number of aromatic nitrogens is 2. The summed E-state index contributed by atoms with van der Waals surface area (Å²) in [6.45, 7) is 1.57. The zero-order valence-electron chi connectivity index (χ0n) is 8.80. The Bertz CT molecular complexity index is 364. The molecule has 1 aliphatic rings. The van der Waals surface area contributed by atoms with Crippen molar-refractivity contribution >= 4 is 29.1 Å². The van der Waals surface area contributed by atoms with Gasteiger partial charge in [0.25, 0.3) is 5.91 Å². The highest BCUT2D eigenvalue weighted by atomic mass is 35.5. The number of H-pyrrole nitrogens is 1. The Labute approximate surface area is 104 Å². The number of likely N-dealkylation sites (tertiary alicyclic amines) is 1. The maximum Gasteiger partial charge on any atom is 0.289 e. The van der Waals surface area contributed by atoms with Crippen LogP contribution < -0.4 is 0 Å². The zero-order chi connectivity index (χ0) is 11.5. The largest absolute Gasteiger partial charge is 0.336 e. The Kier molecular flexibility index (Phi) is 3.71. The van der Waals surface area contributed by atoms with Crippen LogP contribution in [0, 0.1) is 0 Å². The molecule has 2 heterocycles. The van der Waals surface area contributed by atoms with E-state index in [-0.39, 0.29) is 22.0 Å². The van der Waals surface area contributed by atoms with Gasteiger partial charge in [0.05, 0.1) is 0 Å². The van der Waals surface area contributed by atoms with Gasteiger partial charge < -0.3 is 9.88 Å². The maximum absolute atomic E-state index is 12.0. The third kappa shape index (κ3) is 2.50. The van der Waals surface area contributed by atoms with Gasteiger partial charge in [-0.3, -0.25) is 4.79 Å². The van der Waals surface area contributed by atoms with Gasteiger partial charge in [-0.1, -0.05) is 36.0 Å². The van der Waals surface area contributed by atoms with Crippen molar-refractivity contribution in [1.29, 1.82) is 0 Å². The number of amides is 1. The fraction of sp³-hybridized carbons (Fsp3) is 0.600. The average Bonchev–Trinajstić information content (AvgIpc) is 2.51. The lowest BCUT2D eigenvalue weighted by atomic mass is 10.2. The van der Waals surface area contributed by atoms with Crippen LogP contribution in [0.1, 0.15) is 36.3 Å². The molecule has 0 spiro atoms. The van der Waals surface area contributed by atoms with Gasteiger partial charge in [-0.2, -0.15) is 0 Å². The molecule has 0 bridgehead atoms. The highest BCUT2D eigenvalue weighted by Crippen LogP contribution is 2.19. The van der Waals surface area contributed by atoms with E-state index in [0.29, 0.717) is 0 Å². The van der Waals surface area contributed by atoms with E-state index in [0.717, 1.165) is 25.9 Å². The van der Waals surface area contributed by atoms with Gasteiger partial charge in [-0.05, 0) is 12.8 Å². The van der Waals surface area contributed by atoms with Crippen molar-refractivity contribution in [2.24, 2.45) is 0 Å². The average molecular weight is 262 g/mol. The Hall–Kier alpha value is -0.740. The summed E-state index contributed by atoms with van der Waals surface area (Å²) in [5, 5.41) is 0.375. The number of imidazole rings is 1. The van der Waals surface area contributed by atoms with Crippen LogP contribution in [-0.2, 0) is 0 Å². The summed E-state index contributed by atoms with van der Waals surface area (Å²) in [5.41, 5.74) is 0. The molecule has 0 aliphatic carbocycles. The van der Waals surface area contributed by atoms with Crippen molar-refractivity contribution in [3.63, 3.8) is 0 Å². The second-order valence-corrected chi connectivity index (χ2v) is 4.63. The molecule has 0 radical (unpaired) electrons. The van der Waals surface area contributed by atoms with Crippen molar-refractivity contribution in [2.75, 3.05) is 13.1 Å². The molecule has 1 N–H and O–H groups in total. The number of rotatable bonds is 1. The minimum atomic E-state index is -0.115. The summed E-state index contributed by atoms with van der Waals surface area (Å²) in [7, 11) is 0. The molecule has 1 fully saturated rings. The predicted molar refractivity (Wildman–Crippen MR) is 63.0 cm³/mol. The lowest BCUT2D eigenvalue weighted by Crippen LogP contribution is -2.32. The summed E-state index contributed by atoms with van der Waals surface area (Å²) in [4.78, 5) is 20.4. The molecular weight excluding hydrogens is 249 g/mol. The van der Waals surface area contributed by atoms with E-state index in [1.54, 1.807) is 4.90 Å². The van der Waals surface area contributed by atoms with E-state index in [1.807, 2.05) is 0 Å². The normalized spacial score (nSPS) is 17.2. The molecule has 1 aliphatic heterocycles. The maximum atomic E-state index is 12.0. The molecule has 4 nitrogen and oxygen atoms in total. The first-order chi connectivity index (χ1) is 7.68. The molecule has 0 unspecified atom stereocenters. The summed E-state index contributed by atoms with van der Waals surface area (Å²) < 4.78 is 0. The molecule has 1 saturated heterocycles. The second-order valence-electron chi connectivity index (χ2n) is 3.90. The van der Waals surface area contributed by atoms with E-state index >= 15 is 0 Å². The molecular formula is C10H13Cl2N3O. The third-order valence-corrected chi connectivity index (χ3v) is 3.36. The van der Waals surface area contributed by atoms with Crippen molar-refractivity contribution in [2.45, 2.75) is 25.7 Å². The van der Waals surface area contributed by atoms with Crippen molar-refractivity contribution in [1.82, 2.24) is 14.9 Å². The molecule has 1 aromatic heterocycles. The number of carbonyl (C=O) groups is 1. The summed E-state index contributed by atoms with van der Waals surface area (Å²) >= 11 is 11.4. The van der Waals surface area contributed by atoms with Crippen molar-refractivity contribution in [3.05, 3.63) is 16.1 Å². The van der Waals surface area contributed by atoms with Gasteiger partial charge in [-0.15, -0.1) is 0 Å². The molecule has 16 heavy (non-hydrogen) atoms. The number of nitrogens with zero attached hydrogens (tertiary/aromatic N) is 2. The van der Waals surface area contributed by atoms with Gasteiger partial charge >= 0.3 is 0 Å². The first-order valence-electron chi connectivity index (χ1n) is 5.39. The number of carbonyl (C=O) groups excluding carboxylic acids is 1. The van der Waals surface area contributed by atoms with Crippen LogP contribution in [0.4, 0.5) is 0 Å². The lowest BCUT2D eigenvalue weighted by molar-refractivity contribution is 0.0750. The molecule has 0 atom stereocenters. The molecule has 88 valence electrons. The van der Waals surface area contributed by atoms with Crippen molar-refractivity contribution < 1.29 is 4.79 Å². The van der Waals surface area contributed by atoms with Gasteiger partial charge in [0, 0.05) is 13.1 Å². The number of hydrogen-bond donors (Lipinski definition) is 1. The Morgan fingerprint density at radius 2 is 1.81 bits per heavy atom. The Morgan fingerprint density at radius 1 is 1.19 bits per heavy atom. The topological polar surface area (TPSA) is 49.0 Å². The number of aromatic amines is 1. The Balaban J connectivity index is 2.11. The van der Waals surface area contributed by atoms with Crippen LogP contribution in [0.25, 0.3) is 0 Å². The first kappa shape index (κ1) is 11.7. The molecule has 0 saturated carbocycles. The van der Waals surface area contributed by atoms with E-state index in [4.69, 9.17) is 23.2 Å². The zero-order valence-corrected chi connectivity index (χ0v) is 10.3. The minimum Gasteiger partial charge on any atom is -0.336 e. The van der Waals surface area contributed by atoms with E-state index in [1.165, 1.54) is 12.8 Å². The second kappa shape index (κ2) is 5.06. The highest BCUT2D eigenvalue weighted by Gasteiger charge is 2.21. The molecule has 0 aromatic carbocycles. The number of nitrogens with one attached hydrogen (secondary N) is 1. The summed E-state index contributed by atoms with van der Waals surface area (Å²) in [6, 6.07) is 0. The van der Waals surface area contributed by atoms with Crippen LogP contribution >= 0.6 is 23.2 Å². The standard InChI is InChI=1S/C10H13Cl2N3O/c11-7-8(12)14-9(13-7)10(16)15-5-3-1-2-4-6-15/h1-6H2,(H,13,14). The van der Waals surface area contributed by atoms with E-state index in [2.05, 4.69) is 9.97 Å².